The fraction of sp³-hybridized carbons (Fsp3) is 0.500. The maximum atomic E-state index is 12.9. The highest BCUT2D eigenvalue weighted by molar-refractivity contribution is 5.79. The molecule has 0 unspecified atom stereocenters. The van der Waals surface area contributed by atoms with Gasteiger partial charge in [0.1, 0.15) is 5.82 Å². The van der Waals surface area contributed by atoms with Crippen LogP contribution in [0.5, 0.6) is 0 Å². The molecule has 1 aromatic rings. The molecule has 0 spiro atoms. The van der Waals surface area contributed by atoms with Crippen LogP contribution in [0.4, 0.5) is 4.39 Å². The van der Waals surface area contributed by atoms with Gasteiger partial charge in [-0.2, -0.15) is 0 Å². The van der Waals surface area contributed by atoms with E-state index in [1.54, 1.807) is 24.1 Å². The lowest BCUT2D eigenvalue weighted by Crippen LogP contribution is -2.45. The van der Waals surface area contributed by atoms with Gasteiger partial charge in [-0.15, -0.1) is 0 Å². The topological polar surface area (TPSA) is 66.6 Å². The van der Waals surface area contributed by atoms with Gasteiger partial charge in [0.25, 0.3) is 0 Å². The first kappa shape index (κ1) is 16.4. The van der Waals surface area contributed by atoms with Gasteiger partial charge in [-0.3, -0.25) is 14.5 Å². The quantitative estimate of drug-likeness (QED) is 0.882. The zero-order chi connectivity index (χ0) is 16.1. The Morgan fingerprint density at radius 1 is 1.36 bits per heavy atom. The maximum Gasteiger partial charge on any atom is 0.236 e. The van der Waals surface area contributed by atoms with Crippen molar-refractivity contribution in [1.29, 1.82) is 0 Å². The summed E-state index contributed by atoms with van der Waals surface area (Å²) >= 11 is 0. The second-order valence-corrected chi connectivity index (χ2v) is 5.85. The Balaban J connectivity index is 1.85. The first-order valence-electron chi connectivity index (χ1n) is 7.46. The number of likely N-dealkylation sites (tertiary alicyclic amines) is 1. The number of hydrogen-bond donors (Lipinski definition) is 1. The third-order valence-electron chi connectivity index (χ3n) is 4.03. The molecule has 0 radical (unpaired) electrons. The minimum absolute atomic E-state index is 0.0190. The molecule has 6 heteroatoms. The molecule has 1 aromatic carbocycles. The lowest BCUT2D eigenvalue weighted by Gasteiger charge is -2.31. The van der Waals surface area contributed by atoms with Gasteiger partial charge in [-0.05, 0) is 37.1 Å². The van der Waals surface area contributed by atoms with Crippen LogP contribution in [-0.2, 0) is 16.1 Å². The van der Waals surface area contributed by atoms with Crippen LogP contribution in [0.1, 0.15) is 18.4 Å². The average Bonchev–Trinajstić information content (AvgIpc) is 2.49. The van der Waals surface area contributed by atoms with Gasteiger partial charge in [0.15, 0.2) is 0 Å². The fourth-order valence-corrected chi connectivity index (χ4v) is 2.70. The zero-order valence-electron chi connectivity index (χ0n) is 12.8. The second-order valence-electron chi connectivity index (χ2n) is 5.85. The molecule has 1 aliphatic heterocycles. The zero-order valence-corrected chi connectivity index (χ0v) is 12.8. The Morgan fingerprint density at radius 2 is 2.05 bits per heavy atom. The van der Waals surface area contributed by atoms with Gasteiger partial charge in [0.05, 0.1) is 12.5 Å². The van der Waals surface area contributed by atoms with Gasteiger partial charge >= 0.3 is 0 Å². The first-order chi connectivity index (χ1) is 10.5. The second kappa shape index (κ2) is 7.35. The Labute approximate surface area is 129 Å². The number of nitrogens with zero attached hydrogens (tertiary/aromatic N) is 2. The number of benzene rings is 1. The van der Waals surface area contributed by atoms with Crippen LogP contribution in [0.15, 0.2) is 24.3 Å². The standard InChI is InChI=1S/C16H22FN3O2/c1-19(9-12-4-6-14(17)7-5-12)15(21)11-20-8-2-3-13(10-20)16(18)22/h4-7,13H,2-3,8-11H2,1H3,(H2,18,22)/t13-/m0/s1. The fourth-order valence-electron chi connectivity index (χ4n) is 2.70. The number of halogens is 1. The van der Waals surface area contributed by atoms with Crippen LogP contribution < -0.4 is 5.73 Å². The highest BCUT2D eigenvalue weighted by Gasteiger charge is 2.25. The van der Waals surface area contributed by atoms with Crippen molar-refractivity contribution in [2.24, 2.45) is 11.7 Å². The number of nitrogens with two attached hydrogens (primary N) is 1. The van der Waals surface area contributed by atoms with Crippen LogP contribution in [0.2, 0.25) is 0 Å². The Kier molecular flexibility index (Phi) is 5.49. The smallest absolute Gasteiger partial charge is 0.236 e. The van der Waals surface area contributed by atoms with Crippen LogP contribution in [0, 0.1) is 11.7 Å². The van der Waals surface area contributed by atoms with E-state index >= 15 is 0 Å². The predicted molar refractivity (Wildman–Crippen MR) is 81.2 cm³/mol. The van der Waals surface area contributed by atoms with Crippen molar-refractivity contribution >= 4 is 11.8 Å². The SMILES string of the molecule is CN(Cc1ccc(F)cc1)C(=O)CN1CCC[C@H](C(N)=O)C1. The molecule has 1 fully saturated rings. The normalized spacial score (nSPS) is 18.9. The van der Waals surface area contributed by atoms with Crippen molar-refractivity contribution in [2.75, 3.05) is 26.7 Å². The molecule has 1 atom stereocenters. The number of likely N-dealkylation sites (N-methyl/N-ethyl adjacent to an activating group) is 1. The number of amides is 2. The summed E-state index contributed by atoms with van der Waals surface area (Å²) in [6.45, 7) is 2.07. The summed E-state index contributed by atoms with van der Waals surface area (Å²) in [5.41, 5.74) is 6.22. The summed E-state index contributed by atoms with van der Waals surface area (Å²) in [7, 11) is 1.72. The molecular weight excluding hydrogens is 285 g/mol. The van der Waals surface area contributed by atoms with E-state index < -0.39 is 0 Å². The van der Waals surface area contributed by atoms with Crippen molar-refractivity contribution in [3.05, 3.63) is 35.6 Å². The van der Waals surface area contributed by atoms with E-state index in [1.807, 2.05) is 4.90 Å². The lowest BCUT2D eigenvalue weighted by atomic mass is 9.97. The Morgan fingerprint density at radius 3 is 2.68 bits per heavy atom. The number of hydrogen-bond acceptors (Lipinski definition) is 3. The highest BCUT2D eigenvalue weighted by atomic mass is 19.1. The van der Waals surface area contributed by atoms with E-state index in [4.69, 9.17) is 5.73 Å². The van der Waals surface area contributed by atoms with E-state index in [0.29, 0.717) is 13.1 Å². The molecule has 2 rings (SSSR count). The highest BCUT2D eigenvalue weighted by Crippen LogP contribution is 2.16. The third kappa shape index (κ3) is 4.53. The molecule has 5 nitrogen and oxygen atoms in total. The van der Waals surface area contributed by atoms with Crippen molar-refractivity contribution in [3.8, 4) is 0 Å². The van der Waals surface area contributed by atoms with Crippen molar-refractivity contribution in [2.45, 2.75) is 19.4 Å². The predicted octanol–water partition coefficient (Wildman–Crippen LogP) is 0.981. The van der Waals surface area contributed by atoms with E-state index in [-0.39, 0.29) is 30.1 Å². The van der Waals surface area contributed by atoms with E-state index in [1.165, 1.54) is 12.1 Å². The monoisotopic (exact) mass is 307 g/mol. The molecule has 0 bridgehead atoms. The number of carbonyl (C=O) groups is 2. The van der Waals surface area contributed by atoms with Crippen molar-refractivity contribution in [1.82, 2.24) is 9.80 Å². The van der Waals surface area contributed by atoms with Gasteiger partial charge in [-0.25, -0.2) is 4.39 Å². The molecular formula is C16H22FN3O2. The number of primary amides is 1. The Bertz CT molecular complexity index is 533. The molecule has 1 aliphatic rings. The molecule has 0 saturated carbocycles. The molecule has 120 valence electrons. The van der Waals surface area contributed by atoms with E-state index in [2.05, 4.69) is 0 Å². The number of rotatable bonds is 5. The summed E-state index contributed by atoms with van der Waals surface area (Å²) in [5.74, 6) is -0.765. The molecule has 2 N–H and O–H groups in total. The Hall–Kier alpha value is -1.95. The van der Waals surface area contributed by atoms with Crippen molar-refractivity contribution < 1.29 is 14.0 Å². The molecule has 0 aromatic heterocycles. The molecule has 2 amide bonds. The summed E-state index contributed by atoms with van der Waals surface area (Å²) in [6.07, 6.45) is 1.67. The molecule has 22 heavy (non-hydrogen) atoms. The average molecular weight is 307 g/mol. The summed E-state index contributed by atoms with van der Waals surface area (Å²) < 4.78 is 12.9. The van der Waals surface area contributed by atoms with Crippen LogP contribution >= 0.6 is 0 Å². The number of carbonyl (C=O) groups excluding carboxylic acids is 2. The maximum absolute atomic E-state index is 12.9. The lowest BCUT2D eigenvalue weighted by molar-refractivity contribution is -0.133. The minimum atomic E-state index is -0.295. The summed E-state index contributed by atoms with van der Waals surface area (Å²) in [4.78, 5) is 27.1. The molecule has 0 aliphatic carbocycles. The van der Waals surface area contributed by atoms with Crippen molar-refractivity contribution in [3.63, 3.8) is 0 Å². The van der Waals surface area contributed by atoms with Crippen LogP contribution in [-0.4, -0.2) is 48.3 Å². The minimum Gasteiger partial charge on any atom is -0.369 e. The van der Waals surface area contributed by atoms with Gasteiger partial charge in [0.2, 0.25) is 11.8 Å². The summed E-state index contributed by atoms with van der Waals surface area (Å²) in [5, 5.41) is 0. The third-order valence-corrected chi connectivity index (χ3v) is 4.03. The number of piperidine rings is 1. The van der Waals surface area contributed by atoms with Gasteiger partial charge < -0.3 is 10.6 Å². The van der Waals surface area contributed by atoms with Gasteiger partial charge in [0, 0.05) is 20.1 Å². The summed E-state index contributed by atoms with van der Waals surface area (Å²) in [6, 6.07) is 6.11. The first-order valence-corrected chi connectivity index (χ1v) is 7.46. The molecule has 1 saturated heterocycles. The van der Waals surface area contributed by atoms with E-state index in [9.17, 15) is 14.0 Å². The molecule has 1 heterocycles. The van der Waals surface area contributed by atoms with E-state index in [0.717, 1.165) is 24.9 Å². The van der Waals surface area contributed by atoms with Gasteiger partial charge in [-0.1, -0.05) is 12.1 Å². The van der Waals surface area contributed by atoms with Crippen LogP contribution in [0.3, 0.4) is 0 Å². The van der Waals surface area contributed by atoms with Crippen LogP contribution in [0.25, 0.3) is 0 Å². The largest absolute Gasteiger partial charge is 0.369 e.